The molecule has 144 valence electrons. The summed E-state index contributed by atoms with van der Waals surface area (Å²) in [6, 6.07) is 4.82. The zero-order valence-corrected chi connectivity index (χ0v) is 14.7. The van der Waals surface area contributed by atoms with Crippen molar-refractivity contribution in [2.45, 2.75) is 13.3 Å². The van der Waals surface area contributed by atoms with Gasteiger partial charge in [0.2, 0.25) is 5.90 Å². The van der Waals surface area contributed by atoms with Gasteiger partial charge < -0.3 is 9.47 Å². The van der Waals surface area contributed by atoms with E-state index < -0.39 is 23.4 Å². The average Bonchev–Trinajstić information content (AvgIpc) is 2.59. The minimum absolute atomic E-state index is 0.00175. The Bertz CT molecular complexity index is 982. The molecule has 10 heteroatoms. The van der Waals surface area contributed by atoms with Crippen LogP contribution in [0.2, 0.25) is 0 Å². The highest BCUT2D eigenvalue weighted by Crippen LogP contribution is 2.26. The standard InChI is InChI=1S/C17H16F3N3O4/c1-5-13(21-14-10(2)15(24)23(4)16(25)22(14)3)26-11-7-6-8-12(9-11)27-17(18,19)20/h5-9H,1H2,2-4H3/b21-13+. The Morgan fingerprint density at radius 2 is 1.81 bits per heavy atom. The van der Waals surface area contributed by atoms with E-state index in [9.17, 15) is 22.8 Å². The molecule has 0 spiro atoms. The number of nitrogens with zero attached hydrogens (tertiary/aromatic N) is 3. The molecule has 0 N–H and O–H groups in total. The molecule has 1 aromatic carbocycles. The zero-order valence-electron chi connectivity index (χ0n) is 14.7. The molecule has 0 atom stereocenters. The third-order valence-corrected chi connectivity index (χ3v) is 3.50. The molecule has 2 aromatic rings. The van der Waals surface area contributed by atoms with Gasteiger partial charge in [0.15, 0.2) is 0 Å². The number of alkyl halides is 3. The van der Waals surface area contributed by atoms with Gasteiger partial charge in [0, 0.05) is 20.2 Å². The summed E-state index contributed by atoms with van der Waals surface area (Å²) in [6.45, 7) is 5.00. The summed E-state index contributed by atoms with van der Waals surface area (Å²) in [5, 5.41) is 0. The summed E-state index contributed by atoms with van der Waals surface area (Å²) in [5.74, 6) is -0.548. The van der Waals surface area contributed by atoms with Crippen molar-refractivity contribution < 1.29 is 22.6 Å². The first-order chi connectivity index (χ1) is 12.5. The van der Waals surface area contributed by atoms with Crippen molar-refractivity contribution in [3.8, 4) is 11.5 Å². The van der Waals surface area contributed by atoms with Crippen LogP contribution in [0.4, 0.5) is 19.0 Å². The van der Waals surface area contributed by atoms with E-state index in [2.05, 4.69) is 16.3 Å². The number of rotatable bonds is 4. The van der Waals surface area contributed by atoms with Gasteiger partial charge in [-0.05, 0) is 25.1 Å². The van der Waals surface area contributed by atoms with E-state index in [4.69, 9.17) is 4.74 Å². The molecule has 7 nitrogen and oxygen atoms in total. The van der Waals surface area contributed by atoms with Crippen LogP contribution >= 0.6 is 0 Å². The van der Waals surface area contributed by atoms with E-state index in [1.807, 2.05) is 0 Å². The second-order valence-corrected chi connectivity index (χ2v) is 5.43. The zero-order chi connectivity index (χ0) is 20.4. The van der Waals surface area contributed by atoms with Gasteiger partial charge in [0.05, 0.1) is 5.56 Å². The van der Waals surface area contributed by atoms with Crippen molar-refractivity contribution in [2.75, 3.05) is 0 Å². The van der Waals surface area contributed by atoms with Crippen molar-refractivity contribution in [2.24, 2.45) is 19.1 Å². The van der Waals surface area contributed by atoms with Crippen LogP contribution in [0.3, 0.4) is 0 Å². The Labute approximate surface area is 151 Å². The lowest BCUT2D eigenvalue weighted by Gasteiger charge is -2.12. The summed E-state index contributed by atoms with van der Waals surface area (Å²) in [7, 11) is 2.76. The first-order valence-electron chi connectivity index (χ1n) is 7.55. The number of hydrogen-bond donors (Lipinski definition) is 0. The van der Waals surface area contributed by atoms with Crippen LogP contribution in [-0.4, -0.2) is 21.4 Å². The summed E-state index contributed by atoms with van der Waals surface area (Å²) in [6.07, 6.45) is -3.65. The van der Waals surface area contributed by atoms with Crippen LogP contribution in [0.25, 0.3) is 0 Å². The van der Waals surface area contributed by atoms with Gasteiger partial charge in [-0.2, -0.15) is 4.99 Å². The fourth-order valence-corrected chi connectivity index (χ4v) is 2.23. The van der Waals surface area contributed by atoms with Crippen molar-refractivity contribution in [3.63, 3.8) is 0 Å². The van der Waals surface area contributed by atoms with E-state index in [1.165, 1.54) is 39.2 Å². The number of ether oxygens (including phenoxy) is 2. The first kappa shape index (κ1) is 20.0. The van der Waals surface area contributed by atoms with Crippen LogP contribution in [0.15, 0.2) is 51.5 Å². The normalized spacial score (nSPS) is 12.0. The van der Waals surface area contributed by atoms with Crippen LogP contribution in [0.1, 0.15) is 5.56 Å². The Morgan fingerprint density at radius 3 is 2.41 bits per heavy atom. The van der Waals surface area contributed by atoms with E-state index in [-0.39, 0.29) is 23.0 Å². The van der Waals surface area contributed by atoms with Crippen molar-refractivity contribution in [1.29, 1.82) is 0 Å². The van der Waals surface area contributed by atoms with Gasteiger partial charge in [-0.15, -0.1) is 13.2 Å². The predicted octanol–water partition coefficient (Wildman–Crippen LogP) is 2.59. The Balaban J connectivity index is 2.42. The smallest absolute Gasteiger partial charge is 0.439 e. The van der Waals surface area contributed by atoms with Crippen LogP contribution in [0.5, 0.6) is 11.5 Å². The minimum atomic E-state index is -4.84. The molecule has 0 saturated heterocycles. The summed E-state index contributed by atoms with van der Waals surface area (Å²) >= 11 is 0. The number of aliphatic imine (C=N–C) groups is 1. The van der Waals surface area contributed by atoms with E-state index in [0.717, 1.165) is 21.3 Å². The molecule has 0 unspecified atom stereocenters. The highest BCUT2D eigenvalue weighted by Gasteiger charge is 2.31. The maximum Gasteiger partial charge on any atom is 0.573 e. The third kappa shape index (κ3) is 4.66. The number of hydrogen-bond acceptors (Lipinski definition) is 5. The molecule has 0 amide bonds. The van der Waals surface area contributed by atoms with Gasteiger partial charge in [-0.3, -0.25) is 13.9 Å². The molecule has 0 fully saturated rings. The maximum absolute atomic E-state index is 12.3. The fraction of sp³-hybridized carbons (Fsp3) is 0.235. The molecule has 27 heavy (non-hydrogen) atoms. The summed E-state index contributed by atoms with van der Waals surface area (Å²) < 4.78 is 48.3. The van der Waals surface area contributed by atoms with E-state index in [0.29, 0.717) is 0 Å². The predicted molar refractivity (Wildman–Crippen MR) is 92.7 cm³/mol. The molecule has 0 aliphatic carbocycles. The molecule has 0 saturated carbocycles. The van der Waals surface area contributed by atoms with E-state index in [1.54, 1.807) is 0 Å². The SMILES string of the molecule is C=C/C(=N\c1c(C)c(=O)n(C)c(=O)n1C)Oc1cccc(OC(F)(F)F)c1. The Kier molecular flexibility index (Phi) is 5.58. The van der Waals surface area contributed by atoms with Gasteiger partial charge in [0.1, 0.15) is 17.3 Å². The molecular weight excluding hydrogens is 367 g/mol. The molecular formula is C17H16F3N3O4. The second kappa shape index (κ2) is 7.52. The van der Waals surface area contributed by atoms with Gasteiger partial charge in [-0.1, -0.05) is 12.6 Å². The Hall–Kier alpha value is -3.30. The second-order valence-electron chi connectivity index (χ2n) is 5.43. The molecule has 0 aliphatic heterocycles. The molecule has 1 aromatic heterocycles. The van der Waals surface area contributed by atoms with Crippen molar-refractivity contribution >= 4 is 11.7 Å². The van der Waals surface area contributed by atoms with Gasteiger partial charge >= 0.3 is 12.1 Å². The van der Waals surface area contributed by atoms with Gasteiger partial charge in [-0.25, -0.2) is 4.79 Å². The first-order valence-corrected chi connectivity index (χ1v) is 7.55. The Morgan fingerprint density at radius 1 is 1.19 bits per heavy atom. The lowest BCUT2D eigenvalue weighted by molar-refractivity contribution is -0.274. The minimum Gasteiger partial charge on any atom is -0.439 e. The van der Waals surface area contributed by atoms with Crippen molar-refractivity contribution in [3.05, 3.63) is 63.3 Å². The fourth-order valence-electron chi connectivity index (χ4n) is 2.23. The lowest BCUT2D eigenvalue weighted by Crippen LogP contribution is -2.38. The quantitative estimate of drug-likeness (QED) is 0.601. The number of benzene rings is 1. The highest BCUT2D eigenvalue weighted by molar-refractivity contribution is 5.91. The van der Waals surface area contributed by atoms with Crippen molar-refractivity contribution in [1.82, 2.24) is 9.13 Å². The van der Waals surface area contributed by atoms with E-state index >= 15 is 0 Å². The summed E-state index contributed by atoms with van der Waals surface area (Å²) in [4.78, 5) is 28.2. The van der Waals surface area contributed by atoms with Crippen LogP contribution in [-0.2, 0) is 14.1 Å². The number of halogens is 3. The topological polar surface area (TPSA) is 74.8 Å². The molecule has 2 rings (SSSR count). The largest absolute Gasteiger partial charge is 0.573 e. The summed E-state index contributed by atoms with van der Waals surface area (Å²) in [5.41, 5.74) is -0.925. The lowest BCUT2D eigenvalue weighted by atomic mass is 10.3. The van der Waals surface area contributed by atoms with Crippen LogP contribution in [0, 0.1) is 6.92 Å². The third-order valence-electron chi connectivity index (χ3n) is 3.50. The van der Waals surface area contributed by atoms with Gasteiger partial charge in [0.25, 0.3) is 5.56 Å². The van der Waals surface area contributed by atoms with Crippen LogP contribution < -0.4 is 20.7 Å². The molecule has 1 heterocycles. The number of aromatic nitrogens is 2. The monoisotopic (exact) mass is 383 g/mol. The average molecular weight is 383 g/mol. The highest BCUT2D eigenvalue weighted by atomic mass is 19.4. The molecule has 0 aliphatic rings. The molecule has 0 radical (unpaired) electrons. The molecule has 0 bridgehead atoms. The maximum atomic E-state index is 12.3.